The van der Waals surface area contributed by atoms with E-state index in [0.29, 0.717) is 34.3 Å². The van der Waals surface area contributed by atoms with Gasteiger partial charge in [0.05, 0.1) is 25.5 Å². The summed E-state index contributed by atoms with van der Waals surface area (Å²) in [7, 11) is 2.95. The smallest absolute Gasteiger partial charge is 0.416 e. The number of carbonyl (C=O) groups excluding carboxylic acids is 1. The number of imidazole rings is 1. The molecule has 0 bridgehead atoms. The molecule has 1 atom stereocenters. The minimum Gasteiger partial charge on any atom is -0.493 e. The second kappa shape index (κ2) is 7.61. The van der Waals surface area contributed by atoms with E-state index >= 15 is 0 Å². The van der Waals surface area contributed by atoms with Gasteiger partial charge in [0.1, 0.15) is 12.1 Å². The van der Waals surface area contributed by atoms with Gasteiger partial charge in [-0.3, -0.25) is 9.36 Å². The summed E-state index contributed by atoms with van der Waals surface area (Å²) in [6, 6.07) is 6.50. The molecule has 5 rings (SSSR count). The molecule has 2 aromatic carbocycles. The van der Waals surface area contributed by atoms with Crippen molar-refractivity contribution in [1.29, 1.82) is 0 Å². The fourth-order valence-electron chi connectivity index (χ4n) is 4.15. The van der Waals surface area contributed by atoms with Crippen LogP contribution in [-0.4, -0.2) is 36.5 Å². The number of nitrogens with one attached hydrogen (secondary N) is 1. The van der Waals surface area contributed by atoms with E-state index in [9.17, 15) is 18.0 Å². The van der Waals surface area contributed by atoms with Crippen LogP contribution < -0.4 is 24.3 Å². The zero-order valence-corrected chi connectivity index (χ0v) is 17.5. The van der Waals surface area contributed by atoms with Crippen LogP contribution in [0.2, 0.25) is 0 Å². The topological polar surface area (TPSA) is 83.8 Å². The van der Waals surface area contributed by atoms with E-state index < -0.39 is 17.7 Å². The van der Waals surface area contributed by atoms with Gasteiger partial charge in [0.2, 0.25) is 24.2 Å². The molecule has 33 heavy (non-hydrogen) atoms. The van der Waals surface area contributed by atoms with Gasteiger partial charge in [-0.2, -0.15) is 13.2 Å². The first-order chi connectivity index (χ1) is 15.8. The summed E-state index contributed by atoms with van der Waals surface area (Å²) in [6.07, 6.45) is -3.07. The zero-order chi connectivity index (χ0) is 23.3. The van der Waals surface area contributed by atoms with Gasteiger partial charge in [-0.25, -0.2) is 4.98 Å². The van der Waals surface area contributed by atoms with E-state index in [4.69, 9.17) is 18.9 Å². The molecule has 1 aromatic heterocycles. The van der Waals surface area contributed by atoms with Gasteiger partial charge in [-0.15, -0.1) is 0 Å². The molecule has 172 valence electrons. The van der Waals surface area contributed by atoms with Crippen LogP contribution in [0.5, 0.6) is 23.0 Å². The Bertz CT molecular complexity index is 1250. The average Bonchev–Trinajstić information content (AvgIpc) is 3.44. The van der Waals surface area contributed by atoms with Crippen molar-refractivity contribution in [3.05, 3.63) is 53.5 Å². The van der Waals surface area contributed by atoms with Crippen LogP contribution in [0.4, 0.5) is 19.0 Å². The predicted molar refractivity (Wildman–Crippen MR) is 109 cm³/mol. The molecule has 3 aromatic rings. The summed E-state index contributed by atoms with van der Waals surface area (Å²) in [6.45, 7) is -0.00785. The Hall–Kier alpha value is -3.89. The number of hydrogen-bond acceptors (Lipinski definition) is 6. The number of benzene rings is 2. The molecule has 2 aliphatic heterocycles. The number of hydrogen-bond donors (Lipinski definition) is 1. The van der Waals surface area contributed by atoms with Crippen molar-refractivity contribution >= 4 is 11.7 Å². The van der Waals surface area contributed by atoms with Crippen molar-refractivity contribution < 1.29 is 36.9 Å². The molecule has 2 aliphatic rings. The Kier molecular flexibility index (Phi) is 4.84. The Morgan fingerprint density at radius 3 is 2.67 bits per heavy atom. The standard InChI is InChI=1S/C22H18F3N3O5/c1-30-15-7-14(18(31-2)20-19(15)32-10-33-20)13-8-16(29)27-21-17(13)26-9-28(21)12-5-3-4-11(6-12)22(23,24)25/h3-7,9,13H,8,10H2,1-2H3,(H,27,29). The number of amides is 1. The van der Waals surface area contributed by atoms with Gasteiger partial charge < -0.3 is 24.3 Å². The number of fused-ring (bicyclic) bond motifs is 2. The van der Waals surface area contributed by atoms with Crippen LogP contribution in [0.3, 0.4) is 0 Å². The fourth-order valence-corrected chi connectivity index (χ4v) is 4.15. The van der Waals surface area contributed by atoms with Crippen molar-refractivity contribution in [2.24, 2.45) is 0 Å². The van der Waals surface area contributed by atoms with Crippen LogP contribution in [0.25, 0.3) is 5.69 Å². The third-order valence-corrected chi connectivity index (χ3v) is 5.62. The molecule has 0 saturated heterocycles. The molecule has 1 unspecified atom stereocenters. The molecule has 8 nitrogen and oxygen atoms in total. The summed E-state index contributed by atoms with van der Waals surface area (Å²) in [5.74, 6) is 0.948. The Labute approximate surface area is 185 Å². The van der Waals surface area contributed by atoms with E-state index in [-0.39, 0.29) is 30.6 Å². The minimum absolute atomic E-state index is 0.00785. The SMILES string of the molecule is COc1cc(C2CC(=O)Nc3c2ncn3-c2cccc(C(F)(F)F)c2)c(OC)c2c1OCO2. The summed E-state index contributed by atoms with van der Waals surface area (Å²) in [5.41, 5.74) is 0.480. The van der Waals surface area contributed by atoms with Gasteiger partial charge in [0.15, 0.2) is 11.5 Å². The maximum Gasteiger partial charge on any atom is 0.416 e. The molecule has 0 radical (unpaired) electrons. The molecular weight excluding hydrogens is 443 g/mol. The van der Waals surface area contributed by atoms with E-state index in [1.165, 1.54) is 37.2 Å². The Balaban J connectivity index is 1.65. The molecule has 0 fully saturated rings. The van der Waals surface area contributed by atoms with Crippen LogP contribution in [0, 0.1) is 0 Å². The highest BCUT2D eigenvalue weighted by atomic mass is 19.4. The molecule has 0 saturated carbocycles. The molecule has 11 heteroatoms. The summed E-state index contributed by atoms with van der Waals surface area (Å²) < 4.78 is 63.1. The molecular formula is C22H18F3N3O5. The second-order valence-electron chi connectivity index (χ2n) is 7.47. The number of halogens is 3. The highest BCUT2D eigenvalue weighted by Crippen LogP contribution is 2.53. The van der Waals surface area contributed by atoms with Gasteiger partial charge in [0.25, 0.3) is 0 Å². The zero-order valence-electron chi connectivity index (χ0n) is 17.5. The monoisotopic (exact) mass is 461 g/mol. The third kappa shape index (κ3) is 3.40. The number of ether oxygens (including phenoxy) is 4. The lowest BCUT2D eigenvalue weighted by Crippen LogP contribution is -2.25. The van der Waals surface area contributed by atoms with Crippen molar-refractivity contribution in [3.8, 4) is 28.7 Å². The molecule has 1 N–H and O–H groups in total. The normalized spacial score (nSPS) is 16.9. The number of anilines is 1. The molecule has 0 aliphatic carbocycles. The Morgan fingerprint density at radius 1 is 1.15 bits per heavy atom. The fraction of sp³-hybridized carbons (Fsp3) is 0.273. The second-order valence-corrected chi connectivity index (χ2v) is 7.47. The van der Waals surface area contributed by atoms with Gasteiger partial charge in [-0.05, 0) is 24.3 Å². The predicted octanol–water partition coefficient (Wildman–Crippen LogP) is 4.11. The Morgan fingerprint density at radius 2 is 1.94 bits per heavy atom. The average molecular weight is 461 g/mol. The van der Waals surface area contributed by atoms with Gasteiger partial charge in [-0.1, -0.05) is 6.07 Å². The van der Waals surface area contributed by atoms with Crippen LogP contribution in [0.15, 0.2) is 36.7 Å². The van der Waals surface area contributed by atoms with Crippen LogP contribution in [0.1, 0.15) is 29.2 Å². The number of aromatic nitrogens is 2. The highest BCUT2D eigenvalue weighted by Gasteiger charge is 2.37. The van der Waals surface area contributed by atoms with Crippen molar-refractivity contribution in [1.82, 2.24) is 9.55 Å². The number of alkyl halides is 3. The van der Waals surface area contributed by atoms with E-state index in [1.54, 1.807) is 6.07 Å². The summed E-state index contributed by atoms with van der Waals surface area (Å²) in [5, 5.41) is 2.74. The van der Waals surface area contributed by atoms with E-state index in [0.717, 1.165) is 12.1 Å². The van der Waals surface area contributed by atoms with Gasteiger partial charge >= 0.3 is 6.18 Å². The van der Waals surface area contributed by atoms with Crippen LogP contribution >= 0.6 is 0 Å². The number of methoxy groups -OCH3 is 2. The van der Waals surface area contributed by atoms with Crippen molar-refractivity contribution in [3.63, 3.8) is 0 Å². The maximum absolute atomic E-state index is 13.2. The van der Waals surface area contributed by atoms with Crippen LogP contribution in [-0.2, 0) is 11.0 Å². The first-order valence-electron chi connectivity index (χ1n) is 9.91. The molecule has 1 amide bonds. The van der Waals surface area contributed by atoms with E-state index in [1.807, 2.05) is 0 Å². The van der Waals surface area contributed by atoms with Gasteiger partial charge in [0, 0.05) is 23.6 Å². The largest absolute Gasteiger partial charge is 0.493 e. The number of nitrogens with zero attached hydrogens (tertiary/aromatic N) is 2. The lowest BCUT2D eigenvalue weighted by Gasteiger charge is -2.25. The van der Waals surface area contributed by atoms with Crippen molar-refractivity contribution in [2.75, 3.05) is 26.3 Å². The summed E-state index contributed by atoms with van der Waals surface area (Å²) in [4.78, 5) is 17.1. The first kappa shape index (κ1) is 21.0. The lowest BCUT2D eigenvalue weighted by molar-refractivity contribution is -0.137. The minimum atomic E-state index is -4.50. The highest BCUT2D eigenvalue weighted by molar-refractivity contribution is 5.94. The first-order valence-corrected chi connectivity index (χ1v) is 9.91. The number of rotatable bonds is 4. The summed E-state index contributed by atoms with van der Waals surface area (Å²) >= 11 is 0. The quantitative estimate of drug-likeness (QED) is 0.630. The lowest BCUT2D eigenvalue weighted by atomic mass is 9.88. The molecule has 3 heterocycles. The van der Waals surface area contributed by atoms with Crippen molar-refractivity contribution in [2.45, 2.75) is 18.5 Å². The molecule has 0 spiro atoms. The van der Waals surface area contributed by atoms with E-state index in [2.05, 4.69) is 10.3 Å². The number of carbonyl (C=O) groups is 1. The third-order valence-electron chi connectivity index (χ3n) is 5.62. The maximum atomic E-state index is 13.2.